The summed E-state index contributed by atoms with van der Waals surface area (Å²) in [7, 11) is 0. The number of hydrogen-bond acceptors (Lipinski definition) is 6. The van der Waals surface area contributed by atoms with Gasteiger partial charge in [0.2, 0.25) is 5.91 Å². The standard InChI is InChI=1S/C19H26N6O2/c1-14-11-15(2)25(22-14)18-12-17(20-13-21-18)23-5-7-24(8-6-23)19(26)16-3-9-27-10-4-16/h11-13,16H,3-10H2,1-2H3. The summed E-state index contributed by atoms with van der Waals surface area (Å²) in [5.74, 6) is 2.06. The van der Waals surface area contributed by atoms with Gasteiger partial charge in [0.25, 0.3) is 0 Å². The van der Waals surface area contributed by atoms with Crippen LogP contribution in [0.3, 0.4) is 0 Å². The second-order valence-electron chi connectivity index (χ2n) is 7.27. The molecule has 2 aliphatic heterocycles. The van der Waals surface area contributed by atoms with E-state index in [0.29, 0.717) is 13.2 Å². The lowest BCUT2D eigenvalue weighted by Crippen LogP contribution is -2.51. The predicted molar refractivity (Wildman–Crippen MR) is 101 cm³/mol. The smallest absolute Gasteiger partial charge is 0.225 e. The monoisotopic (exact) mass is 370 g/mol. The molecular weight excluding hydrogens is 344 g/mol. The van der Waals surface area contributed by atoms with Crippen LogP contribution in [0.1, 0.15) is 24.2 Å². The quantitative estimate of drug-likeness (QED) is 0.812. The van der Waals surface area contributed by atoms with Crippen LogP contribution in [-0.4, -0.2) is 69.9 Å². The van der Waals surface area contributed by atoms with Crippen LogP contribution in [0.25, 0.3) is 5.82 Å². The maximum atomic E-state index is 12.7. The van der Waals surface area contributed by atoms with Crippen LogP contribution in [0, 0.1) is 19.8 Å². The van der Waals surface area contributed by atoms with E-state index in [0.717, 1.165) is 62.0 Å². The lowest BCUT2D eigenvalue weighted by atomic mass is 9.98. The topological polar surface area (TPSA) is 76.4 Å². The summed E-state index contributed by atoms with van der Waals surface area (Å²) >= 11 is 0. The van der Waals surface area contributed by atoms with Crippen molar-refractivity contribution >= 4 is 11.7 Å². The van der Waals surface area contributed by atoms with E-state index in [2.05, 4.69) is 20.0 Å². The van der Waals surface area contributed by atoms with Crippen molar-refractivity contribution in [3.8, 4) is 5.82 Å². The van der Waals surface area contributed by atoms with Gasteiger partial charge in [0.1, 0.15) is 12.1 Å². The molecule has 0 N–H and O–H groups in total. The molecule has 0 aliphatic carbocycles. The van der Waals surface area contributed by atoms with Crippen molar-refractivity contribution < 1.29 is 9.53 Å². The Hall–Kier alpha value is -2.48. The summed E-state index contributed by atoms with van der Waals surface area (Å²) in [6.07, 6.45) is 3.27. The Kier molecular flexibility index (Phi) is 5.07. The van der Waals surface area contributed by atoms with Gasteiger partial charge in [0.15, 0.2) is 5.82 Å². The van der Waals surface area contributed by atoms with Crippen molar-refractivity contribution in [1.82, 2.24) is 24.6 Å². The first-order chi connectivity index (χ1) is 13.1. The highest BCUT2D eigenvalue weighted by Crippen LogP contribution is 2.21. The molecule has 0 aromatic carbocycles. The third kappa shape index (κ3) is 3.80. The lowest BCUT2D eigenvalue weighted by Gasteiger charge is -2.37. The second kappa shape index (κ2) is 7.64. The molecule has 0 saturated carbocycles. The first-order valence-electron chi connectivity index (χ1n) is 9.59. The molecule has 2 aromatic heterocycles. The Morgan fingerprint density at radius 1 is 1.04 bits per heavy atom. The molecule has 2 saturated heterocycles. The molecule has 8 nitrogen and oxygen atoms in total. The molecule has 144 valence electrons. The molecule has 0 radical (unpaired) electrons. The molecule has 0 spiro atoms. The first kappa shape index (κ1) is 17.9. The van der Waals surface area contributed by atoms with E-state index in [1.165, 1.54) is 0 Å². The fraction of sp³-hybridized carbons (Fsp3) is 0.579. The Balaban J connectivity index is 1.42. The number of ether oxygens (including phenoxy) is 1. The summed E-state index contributed by atoms with van der Waals surface area (Å²) in [6, 6.07) is 4.00. The third-order valence-corrected chi connectivity index (χ3v) is 5.35. The Labute approximate surface area is 159 Å². The van der Waals surface area contributed by atoms with E-state index in [4.69, 9.17) is 4.74 Å². The van der Waals surface area contributed by atoms with Gasteiger partial charge in [-0.25, -0.2) is 14.6 Å². The maximum absolute atomic E-state index is 12.7. The fourth-order valence-corrected chi connectivity index (χ4v) is 3.85. The Morgan fingerprint density at radius 2 is 1.74 bits per heavy atom. The SMILES string of the molecule is Cc1cc(C)n(-c2cc(N3CCN(C(=O)C4CCOCC4)CC3)ncn2)n1. The normalized spacial score (nSPS) is 18.7. The first-order valence-corrected chi connectivity index (χ1v) is 9.59. The Morgan fingerprint density at radius 3 is 2.41 bits per heavy atom. The highest BCUT2D eigenvalue weighted by Gasteiger charge is 2.29. The van der Waals surface area contributed by atoms with Gasteiger partial charge in [-0.3, -0.25) is 4.79 Å². The largest absolute Gasteiger partial charge is 0.381 e. The molecule has 0 unspecified atom stereocenters. The van der Waals surface area contributed by atoms with Crippen molar-refractivity contribution in [3.63, 3.8) is 0 Å². The van der Waals surface area contributed by atoms with E-state index in [1.807, 2.05) is 35.6 Å². The van der Waals surface area contributed by atoms with Gasteiger partial charge < -0.3 is 14.5 Å². The van der Waals surface area contributed by atoms with Crippen molar-refractivity contribution in [2.45, 2.75) is 26.7 Å². The molecule has 4 rings (SSSR count). The van der Waals surface area contributed by atoms with Crippen molar-refractivity contribution in [2.24, 2.45) is 5.92 Å². The number of anilines is 1. The number of aryl methyl sites for hydroxylation is 2. The second-order valence-corrected chi connectivity index (χ2v) is 7.27. The van der Waals surface area contributed by atoms with Crippen molar-refractivity contribution in [1.29, 1.82) is 0 Å². The van der Waals surface area contributed by atoms with Crippen molar-refractivity contribution in [2.75, 3.05) is 44.3 Å². The summed E-state index contributed by atoms with van der Waals surface area (Å²) in [5, 5.41) is 4.50. The lowest BCUT2D eigenvalue weighted by molar-refractivity contribution is -0.138. The highest BCUT2D eigenvalue weighted by atomic mass is 16.5. The number of carbonyl (C=O) groups excluding carboxylic acids is 1. The molecule has 2 aliphatic rings. The van der Waals surface area contributed by atoms with Crippen LogP contribution in [0.4, 0.5) is 5.82 Å². The van der Waals surface area contributed by atoms with Gasteiger partial charge in [-0.05, 0) is 32.8 Å². The maximum Gasteiger partial charge on any atom is 0.225 e. The average Bonchev–Trinajstić information content (AvgIpc) is 3.06. The number of nitrogens with zero attached hydrogens (tertiary/aromatic N) is 6. The molecule has 4 heterocycles. The van der Waals surface area contributed by atoms with Crippen LogP contribution in [-0.2, 0) is 9.53 Å². The van der Waals surface area contributed by atoms with Gasteiger partial charge in [-0.15, -0.1) is 0 Å². The van der Waals surface area contributed by atoms with E-state index in [9.17, 15) is 4.79 Å². The molecular formula is C19H26N6O2. The number of aromatic nitrogens is 4. The molecule has 0 bridgehead atoms. The zero-order chi connectivity index (χ0) is 18.8. The average molecular weight is 370 g/mol. The van der Waals surface area contributed by atoms with Crippen LogP contribution in [0.5, 0.6) is 0 Å². The minimum absolute atomic E-state index is 0.127. The van der Waals surface area contributed by atoms with Gasteiger partial charge >= 0.3 is 0 Å². The van der Waals surface area contributed by atoms with Gasteiger partial charge in [0.05, 0.1) is 5.69 Å². The number of hydrogen-bond donors (Lipinski definition) is 0. The molecule has 2 fully saturated rings. The summed E-state index contributed by atoms with van der Waals surface area (Å²) in [4.78, 5) is 25.7. The highest BCUT2D eigenvalue weighted by molar-refractivity contribution is 5.79. The summed E-state index contributed by atoms with van der Waals surface area (Å²) in [6.45, 7) is 8.41. The molecule has 2 aromatic rings. The van der Waals surface area contributed by atoms with E-state index < -0.39 is 0 Å². The Bertz CT molecular complexity index is 806. The molecule has 8 heteroatoms. The zero-order valence-electron chi connectivity index (χ0n) is 16.0. The summed E-state index contributed by atoms with van der Waals surface area (Å²) in [5.41, 5.74) is 2.01. The zero-order valence-corrected chi connectivity index (χ0v) is 16.0. The summed E-state index contributed by atoms with van der Waals surface area (Å²) < 4.78 is 7.21. The van der Waals surface area contributed by atoms with Gasteiger partial charge in [-0.2, -0.15) is 5.10 Å². The van der Waals surface area contributed by atoms with Crippen LogP contribution >= 0.6 is 0 Å². The molecule has 27 heavy (non-hydrogen) atoms. The van der Waals surface area contributed by atoms with Crippen LogP contribution < -0.4 is 4.90 Å². The number of rotatable bonds is 3. The van der Waals surface area contributed by atoms with E-state index in [1.54, 1.807) is 6.33 Å². The minimum atomic E-state index is 0.127. The number of piperazine rings is 1. The predicted octanol–water partition coefficient (Wildman–Crippen LogP) is 1.35. The number of amides is 1. The molecule has 0 atom stereocenters. The van der Waals surface area contributed by atoms with Gasteiger partial charge in [0, 0.05) is 57.1 Å². The van der Waals surface area contributed by atoms with Crippen LogP contribution in [0.15, 0.2) is 18.5 Å². The number of carbonyl (C=O) groups is 1. The van der Waals surface area contributed by atoms with E-state index >= 15 is 0 Å². The van der Waals surface area contributed by atoms with E-state index in [-0.39, 0.29) is 11.8 Å². The van der Waals surface area contributed by atoms with Crippen molar-refractivity contribution in [3.05, 3.63) is 29.8 Å². The minimum Gasteiger partial charge on any atom is -0.381 e. The third-order valence-electron chi connectivity index (χ3n) is 5.35. The van der Waals surface area contributed by atoms with Gasteiger partial charge in [-0.1, -0.05) is 0 Å². The molecule has 1 amide bonds. The van der Waals surface area contributed by atoms with Crippen LogP contribution in [0.2, 0.25) is 0 Å². The fourth-order valence-electron chi connectivity index (χ4n) is 3.85.